The van der Waals surface area contributed by atoms with Crippen LogP contribution in [0.5, 0.6) is 0 Å². The zero-order chi connectivity index (χ0) is 12.4. The summed E-state index contributed by atoms with van der Waals surface area (Å²) < 4.78 is 1.78. The van der Waals surface area contributed by atoms with Gasteiger partial charge in [-0.25, -0.2) is 0 Å². The highest BCUT2D eigenvalue weighted by atomic mass is 35.5. The molecule has 0 N–H and O–H groups in total. The molecule has 2 heterocycles. The SMILES string of the molecule is CN(C)Cc1nn(C)c(-c2ccccn2)c1Cl. The largest absolute Gasteiger partial charge is 0.303 e. The Labute approximate surface area is 106 Å². The van der Waals surface area contributed by atoms with Crippen molar-refractivity contribution in [3.63, 3.8) is 0 Å². The molecule has 2 rings (SSSR count). The summed E-state index contributed by atoms with van der Waals surface area (Å²) in [5.74, 6) is 0. The lowest BCUT2D eigenvalue weighted by atomic mass is 10.2. The number of halogens is 1. The van der Waals surface area contributed by atoms with Crippen molar-refractivity contribution in [1.82, 2.24) is 19.7 Å². The van der Waals surface area contributed by atoms with Crippen LogP contribution in [0, 0.1) is 0 Å². The highest BCUT2D eigenvalue weighted by molar-refractivity contribution is 6.33. The van der Waals surface area contributed by atoms with Crippen molar-refractivity contribution in [3.8, 4) is 11.4 Å². The molecular formula is C12H15ClN4. The molecule has 0 unspecified atom stereocenters. The molecule has 17 heavy (non-hydrogen) atoms. The maximum atomic E-state index is 6.36. The lowest BCUT2D eigenvalue weighted by Crippen LogP contribution is -2.11. The predicted octanol–water partition coefficient (Wildman–Crippen LogP) is 2.20. The third-order valence-corrected chi connectivity index (χ3v) is 2.83. The Morgan fingerprint density at radius 2 is 2.12 bits per heavy atom. The lowest BCUT2D eigenvalue weighted by molar-refractivity contribution is 0.395. The third-order valence-electron chi connectivity index (χ3n) is 2.43. The molecule has 2 aromatic heterocycles. The first-order chi connectivity index (χ1) is 8.09. The van der Waals surface area contributed by atoms with E-state index in [9.17, 15) is 0 Å². The van der Waals surface area contributed by atoms with E-state index in [0.717, 1.165) is 23.6 Å². The summed E-state index contributed by atoms with van der Waals surface area (Å²) in [7, 11) is 5.87. The maximum absolute atomic E-state index is 6.36. The molecule has 0 bridgehead atoms. The highest BCUT2D eigenvalue weighted by Gasteiger charge is 2.16. The topological polar surface area (TPSA) is 34.0 Å². The van der Waals surface area contributed by atoms with Crippen molar-refractivity contribution in [3.05, 3.63) is 35.1 Å². The summed E-state index contributed by atoms with van der Waals surface area (Å²) in [4.78, 5) is 6.34. The molecule has 0 aliphatic heterocycles. The van der Waals surface area contributed by atoms with Gasteiger partial charge in [0.05, 0.1) is 16.4 Å². The van der Waals surface area contributed by atoms with Crippen LogP contribution in [0.4, 0.5) is 0 Å². The molecule has 0 radical (unpaired) electrons. The van der Waals surface area contributed by atoms with Crippen molar-refractivity contribution in [2.45, 2.75) is 6.54 Å². The van der Waals surface area contributed by atoms with Gasteiger partial charge in [0.25, 0.3) is 0 Å². The summed E-state index contributed by atoms with van der Waals surface area (Å²) >= 11 is 6.36. The fraction of sp³-hybridized carbons (Fsp3) is 0.333. The summed E-state index contributed by atoms with van der Waals surface area (Å²) in [5.41, 5.74) is 2.58. The van der Waals surface area contributed by atoms with Crippen molar-refractivity contribution < 1.29 is 0 Å². The lowest BCUT2D eigenvalue weighted by Gasteiger charge is -2.06. The molecule has 5 heteroatoms. The summed E-state index contributed by atoms with van der Waals surface area (Å²) in [6.07, 6.45) is 1.75. The Bertz CT molecular complexity index is 505. The van der Waals surface area contributed by atoms with E-state index >= 15 is 0 Å². The van der Waals surface area contributed by atoms with Gasteiger partial charge in [0.15, 0.2) is 0 Å². The van der Waals surface area contributed by atoms with Gasteiger partial charge in [-0.2, -0.15) is 5.10 Å². The van der Waals surface area contributed by atoms with Crippen molar-refractivity contribution >= 4 is 11.6 Å². The summed E-state index contributed by atoms with van der Waals surface area (Å²) in [6.45, 7) is 0.722. The molecular weight excluding hydrogens is 236 g/mol. The Morgan fingerprint density at radius 1 is 1.35 bits per heavy atom. The number of hydrogen-bond donors (Lipinski definition) is 0. The molecule has 0 fully saturated rings. The first-order valence-corrected chi connectivity index (χ1v) is 5.75. The molecule has 0 aliphatic carbocycles. The van der Waals surface area contributed by atoms with Crippen LogP contribution in [0.25, 0.3) is 11.4 Å². The molecule has 0 saturated carbocycles. The second kappa shape index (κ2) is 4.85. The van der Waals surface area contributed by atoms with Gasteiger partial charge in [-0.15, -0.1) is 0 Å². The number of pyridine rings is 1. The van der Waals surface area contributed by atoms with Gasteiger partial charge in [0, 0.05) is 19.8 Å². The number of hydrogen-bond acceptors (Lipinski definition) is 3. The fourth-order valence-electron chi connectivity index (χ4n) is 1.74. The van der Waals surface area contributed by atoms with Crippen LogP contribution in [-0.4, -0.2) is 33.8 Å². The zero-order valence-corrected chi connectivity index (χ0v) is 10.9. The first kappa shape index (κ1) is 12.1. The minimum atomic E-state index is 0.680. The molecule has 0 aliphatic rings. The maximum Gasteiger partial charge on any atom is 0.105 e. The van der Waals surface area contributed by atoms with Crippen LogP contribution in [-0.2, 0) is 13.6 Å². The van der Waals surface area contributed by atoms with Gasteiger partial charge >= 0.3 is 0 Å². The van der Waals surface area contributed by atoms with E-state index in [0.29, 0.717) is 5.02 Å². The molecule has 90 valence electrons. The molecule has 0 spiro atoms. The average Bonchev–Trinajstić information content (AvgIpc) is 2.54. The Balaban J connectivity index is 2.45. The number of rotatable bonds is 3. The van der Waals surface area contributed by atoms with Crippen LogP contribution in [0.2, 0.25) is 5.02 Å². The van der Waals surface area contributed by atoms with Crippen LogP contribution in [0.15, 0.2) is 24.4 Å². The van der Waals surface area contributed by atoms with E-state index < -0.39 is 0 Å². The molecule has 4 nitrogen and oxygen atoms in total. The first-order valence-electron chi connectivity index (χ1n) is 5.37. The molecule has 2 aromatic rings. The second-order valence-electron chi connectivity index (χ2n) is 4.19. The van der Waals surface area contributed by atoms with Crippen LogP contribution in [0.3, 0.4) is 0 Å². The van der Waals surface area contributed by atoms with E-state index in [4.69, 9.17) is 11.6 Å². The van der Waals surface area contributed by atoms with Crippen molar-refractivity contribution in [2.24, 2.45) is 7.05 Å². The standard InChI is InChI=1S/C12H15ClN4/c1-16(2)8-10-11(13)12(17(3)15-10)9-6-4-5-7-14-9/h4-7H,8H2,1-3H3. The minimum absolute atomic E-state index is 0.680. The van der Waals surface area contributed by atoms with Gasteiger partial charge < -0.3 is 4.90 Å². The van der Waals surface area contributed by atoms with E-state index in [1.165, 1.54) is 0 Å². The van der Waals surface area contributed by atoms with Gasteiger partial charge in [-0.3, -0.25) is 9.67 Å². The fourth-order valence-corrected chi connectivity index (χ4v) is 2.05. The number of aromatic nitrogens is 3. The smallest absolute Gasteiger partial charge is 0.105 e. The number of nitrogens with zero attached hydrogens (tertiary/aromatic N) is 4. The van der Waals surface area contributed by atoms with Crippen LogP contribution >= 0.6 is 11.6 Å². The summed E-state index contributed by atoms with van der Waals surface area (Å²) in [5, 5.41) is 5.11. The number of aryl methyl sites for hydroxylation is 1. The van der Waals surface area contributed by atoms with Gasteiger partial charge in [0.2, 0.25) is 0 Å². The highest BCUT2D eigenvalue weighted by Crippen LogP contribution is 2.29. The zero-order valence-electron chi connectivity index (χ0n) is 10.2. The van der Waals surface area contributed by atoms with Crippen molar-refractivity contribution in [1.29, 1.82) is 0 Å². The van der Waals surface area contributed by atoms with Crippen molar-refractivity contribution in [2.75, 3.05) is 14.1 Å². The molecule has 0 saturated heterocycles. The minimum Gasteiger partial charge on any atom is -0.303 e. The Kier molecular flexibility index (Phi) is 3.45. The van der Waals surface area contributed by atoms with Gasteiger partial charge in [-0.1, -0.05) is 17.7 Å². The van der Waals surface area contributed by atoms with Crippen LogP contribution in [0.1, 0.15) is 5.69 Å². The molecule has 0 atom stereocenters. The Hall–Kier alpha value is -1.39. The van der Waals surface area contributed by atoms with E-state index in [1.54, 1.807) is 10.9 Å². The second-order valence-corrected chi connectivity index (χ2v) is 4.56. The van der Waals surface area contributed by atoms with Crippen LogP contribution < -0.4 is 0 Å². The summed E-state index contributed by atoms with van der Waals surface area (Å²) in [6, 6.07) is 5.76. The van der Waals surface area contributed by atoms with Gasteiger partial charge in [0.1, 0.15) is 5.69 Å². The molecule has 0 aromatic carbocycles. The van der Waals surface area contributed by atoms with E-state index in [2.05, 4.69) is 10.1 Å². The van der Waals surface area contributed by atoms with E-state index in [-0.39, 0.29) is 0 Å². The average molecular weight is 251 g/mol. The molecule has 0 amide bonds. The Morgan fingerprint density at radius 3 is 2.71 bits per heavy atom. The normalized spacial score (nSPS) is 11.1. The quantitative estimate of drug-likeness (QED) is 0.838. The predicted molar refractivity (Wildman–Crippen MR) is 68.8 cm³/mol. The monoisotopic (exact) mass is 250 g/mol. The van der Waals surface area contributed by atoms with Gasteiger partial charge in [-0.05, 0) is 26.2 Å². The van der Waals surface area contributed by atoms with E-state index in [1.807, 2.05) is 44.2 Å². The third kappa shape index (κ3) is 2.48.